The molecule has 3 heteroatoms. The zero-order chi connectivity index (χ0) is 17.0. The average molecular weight is 304 g/mol. The van der Waals surface area contributed by atoms with Gasteiger partial charge in [-0.2, -0.15) is 0 Å². The van der Waals surface area contributed by atoms with Crippen molar-refractivity contribution in [2.75, 3.05) is 6.61 Å². The lowest BCUT2D eigenvalue weighted by Crippen LogP contribution is -2.01. The Labute approximate surface area is 132 Å². The van der Waals surface area contributed by atoms with Gasteiger partial charge in [-0.05, 0) is 55.5 Å². The highest BCUT2D eigenvalue weighted by Crippen LogP contribution is 2.15. The van der Waals surface area contributed by atoms with Gasteiger partial charge in [0.1, 0.15) is 11.6 Å². The third kappa shape index (κ3) is 6.08. The van der Waals surface area contributed by atoms with Crippen molar-refractivity contribution < 1.29 is 13.9 Å². The molecule has 2 nitrogen and oxygen atoms in total. The number of hydrogen-bond acceptors (Lipinski definition) is 2. The molecule has 0 aliphatic heterocycles. The van der Waals surface area contributed by atoms with E-state index in [1.54, 1.807) is 24.3 Å². The van der Waals surface area contributed by atoms with Crippen LogP contribution in [0.4, 0.5) is 4.39 Å². The van der Waals surface area contributed by atoms with Crippen molar-refractivity contribution in [3.05, 3.63) is 65.5 Å². The molecular weight excluding hydrogens is 279 g/mol. The third-order valence-electron chi connectivity index (χ3n) is 2.53. The van der Waals surface area contributed by atoms with Crippen molar-refractivity contribution in [2.24, 2.45) is 0 Å². The SMILES string of the molecule is CC.CC.CCOc1ccc(C(=O)c2ccc(F)cc2)cc1. The Bertz CT molecular complexity index is 530. The van der Waals surface area contributed by atoms with Crippen molar-refractivity contribution >= 4 is 5.78 Å². The first-order chi connectivity index (χ1) is 10.7. The number of halogens is 1. The van der Waals surface area contributed by atoms with Crippen LogP contribution in [0.5, 0.6) is 5.75 Å². The van der Waals surface area contributed by atoms with Crippen LogP contribution in [0.2, 0.25) is 0 Å². The molecule has 0 aromatic heterocycles. The lowest BCUT2D eigenvalue weighted by molar-refractivity contribution is 0.103. The van der Waals surface area contributed by atoms with E-state index < -0.39 is 0 Å². The number of ketones is 1. The highest BCUT2D eigenvalue weighted by Gasteiger charge is 2.08. The third-order valence-corrected chi connectivity index (χ3v) is 2.53. The lowest BCUT2D eigenvalue weighted by atomic mass is 10.0. The molecule has 0 atom stereocenters. The smallest absolute Gasteiger partial charge is 0.193 e. The molecular formula is C19H25FO2. The summed E-state index contributed by atoms with van der Waals surface area (Å²) in [6, 6.07) is 12.4. The molecule has 2 aromatic rings. The fourth-order valence-corrected chi connectivity index (χ4v) is 1.64. The molecule has 22 heavy (non-hydrogen) atoms. The highest BCUT2D eigenvalue weighted by atomic mass is 19.1. The van der Waals surface area contributed by atoms with Gasteiger partial charge in [0.25, 0.3) is 0 Å². The first kappa shape index (κ1) is 19.8. The first-order valence-corrected chi connectivity index (χ1v) is 7.74. The maximum Gasteiger partial charge on any atom is 0.193 e. The molecule has 0 radical (unpaired) electrons. The van der Waals surface area contributed by atoms with E-state index >= 15 is 0 Å². The summed E-state index contributed by atoms with van der Waals surface area (Å²) in [5.74, 6) is 0.254. The van der Waals surface area contributed by atoms with Crippen LogP contribution in [0, 0.1) is 5.82 Å². The van der Waals surface area contributed by atoms with Crippen LogP contribution in [-0.2, 0) is 0 Å². The molecule has 0 N–H and O–H groups in total. The van der Waals surface area contributed by atoms with E-state index in [-0.39, 0.29) is 11.6 Å². The van der Waals surface area contributed by atoms with Crippen LogP contribution >= 0.6 is 0 Å². The maximum absolute atomic E-state index is 12.8. The van der Waals surface area contributed by atoms with Crippen LogP contribution < -0.4 is 4.74 Å². The van der Waals surface area contributed by atoms with E-state index in [0.717, 1.165) is 5.75 Å². The fraction of sp³-hybridized carbons (Fsp3) is 0.316. The molecule has 0 heterocycles. The Hall–Kier alpha value is -2.16. The Balaban J connectivity index is 0.00000102. The van der Waals surface area contributed by atoms with Gasteiger partial charge in [-0.15, -0.1) is 0 Å². The summed E-state index contributed by atoms with van der Waals surface area (Å²) >= 11 is 0. The number of hydrogen-bond donors (Lipinski definition) is 0. The minimum atomic E-state index is -0.349. The van der Waals surface area contributed by atoms with Crippen molar-refractivity contribution in [1.29, 1.82) is 0 Å². The molecule has 0 amide bonds. The Morgan fingerprint density at radius 3 is 1.68 bits per heavy atom. The van der Waals surface area contributed by atoms with Gasteiger partial charge in [-0.1, -0.05) is 27.7 Å². The first-order valence-electron chi connectivity index (χ1n) is 7.74. The maximum atomic E-state index is 12.8. The van der Waals surface area contributed by atoms with E-state index in [1.165, 1.54) is 24.3 Å². The molecule has 0 fully saturated rings. The summed E-state index contributed by atoms with van der Waals surface area (Å²) in [5, 5.41) is 0. The Morgan fingerprint density at radius 2 is 1.27 bits per heavy atom. The summed E-state index contributed by atoms with van der Waals surface area (Å²) in [4.78, 5) is 12.1. The van der Waals surface area contributed by atoms with Crippen LogP contribution in [-0.4, -0.2) is 12.4 Å². The van der Waals surface area contributed by atoms with E-state index in [1.807, 2.05) is 34.6 Å². The molecule has 0 saturated heterocycles. The summed E-state index contributed by atoms with van der Waals surface area (Å²) in [6.45, 7) is 10.5. The van der Waals surface area contributed by atoms with Crippen LogP contribution in [0.25, 0.3) is 0 Å². The van der Waals surface area contributed by atoms with Crippen LogP contribution in [0.15, 0.2) is 48.5 Å². The second-order valence-electron chi connectivity index (χ2n) is 3.79. The van der Waals surface area contributed by atoms with Gasteiger partial charge in [0.05, 0.1) is 6.61 Å². The number of carbonyl (C=O) groups is 1. The van der Waals surface area contributed by atoms with Gasteiger partial charge in [-0.3, -0.25) is 4.79 Å². The zero-order valence-corrected chi connectivity index (χ0v) is 14.0. The van der Waals surface area contributed by atoms with E-state index in [0.29, 0.717) is 17.7 Å². The van der Waals surface area contributed by atoms with Gasteiger partial charge in [0.2, 0.25) is 0 Å². The number of benzene rings is 2. The minimum Gasteiger partial charge on any atom is -0.494 e. The molecule has 0 spiro atoms. The highest BCUT2D eigenvalue weighted by molar-refractivity contribution is 6.08. The molecule has 0 bridgehead atoms. The van der Waals surface area contributed by atoms with Crippen molar-refractivity contribution in [2.45, 2.75) is 34.6 Å². The summed E-state index contributed by atoms with van der Waals surface area (Å²) in [7, 11) is 0. The van der Waals surface area contributed by atoms with Crippen molar-refractivity contribution in [3.8, 4) is 5.75 Å². The Morgan fingerprint density at radius 1 is 0.864 bits per heavy atom. The van der Waals surface area contributed by atoms with Crippen LogP contribution in [0.1, 0.15) is 50.5 Å². The number of rotatable bonds is 4. The second kappa shape index (κ2) is 11.5. The lowest BCUT2D eigenvalue weighted by Gasteiger charge is -2.04. The quantitative estimate of drug-likeness (QED) is 0.696. The average Bonchev–Trinajstić information content (AvgIpc) is 2.59. The number of carbonyl (C=O) groups excluding carboxylic acids is 1. The predicted octanol–water partition coefficient (Wildman–Crippen LogP) is 5.51. The van der Waals surface area contributed by atoms with Gasteiger partial charge in [0, 0.05) is 11.1 Å². The van der Waals surface area contributed by atoms with Crippen molar-refractivity contribution in [1.82, 2.24) is 0 Å². The fourth-order valence-electron chi connectivity index (χ4n) is 1.64. The van der Waals surface area contributed by atoms with Gasteiger partial charge < -0.3 is 4.74 Å². The number of ether oxygens (including phenoxy) is 1. The van der Waals surface area contributed by atoms with Gasteiger partial charge in [0.15, 0.2) is 5.78 Å². The van der Waals surface area contributed by atoms with E-state index in [2.05, 4.69) is 0 Å². The van der Waals surface area contributed by atoms with Gasteiger partial charge >= 0.3 is 0 Å². The molecule has 2 aromatic carbocycles. The standard InChI is InChI=1S/C15H13FO2.2C2H6/c1-2-18-14-9-5-12(6-10-14)15(17)11-3-7-13(16)8-4-11;2*1-2/h3-10H,2H2,1H3;2*1-2H3. The topological polar surface area (TPSA) is 26.3 Å². The summed E-state index contributed by atoms with van der Waals surface area (Å²) < 4.78 is 18.1. The summed E-state index contributed by atoms with van der Waals surface area (Å²) in [5.41, 5.74) is 1.03. The van der Waals surface area contributed by atoms with E-state index in [4.69, 9.17) is 4.74 Å². The molecule has 120 valence electrons. The van der Waals surface area contributed by atoms with Crippen LogP contribution in [0.3, 0.4) is 0 Å². The van der Waals surface area contributed by atoms with Gasteiger partial charge in [-0.25, -0.2) is 4.39 Å². The molecule has 0 aliphatic rings. The normalized spacial score (nSPS) is 8.82. The molecule has 0 unspecified atom stereocenters. The summed E-state index contributed by atoms with van der Waals surface area (Å²) in [6.07, 6.45) is 0. The zero-order valence-electron chi connectivity index (χ0n) is 14.0. The predicted molar refractivity (Wildman–Crippen MR) is 90.1 cm³/mol. The minimum absolute atomic E-state index is 0.127. The molecule has 0 aliphatic carbocycles. The Kier molecular flexibility index (Phi) is 10.4. The second-order valence-corrected chi connectivity index (χ2v) is 3.79. The molecule has 2 rings (SSSR count). The van der Waals surface area contributed by atoms with Crippen molar-refractivity contribution in [3.63, 3.8) is 0 Å². The monoisotopic (exact) mass is 304 g/mol. The molecule has 0 saturated carbocycles. The van der Waals surface area contributed by atoms with E-state index in [9.17, 15) is 9.18 Å². The largest absolute Gasteiger partial charge is 0.494 e.